The normalized spacial score (nSPS) is 21.4. The number of nitrogens with zero attached hydrogens (tertiary/aromatic N) is 7. The number of methoxy groups -OCH3 is 1. The molecule has 4 aliphatic rings. The third kappa shape index (κ3) is 8.10. The molecule has 2 saturated heterocycles. The van der Waals surface area contributed by atoms with E-state index >= 15 is 4.39 Å². The van der Waals surface area contributed by atoms with Gasteiger partial charge in [0.2, 0.25) is 0 Å². The molecule has 3 unspecified atom stereocenters. The van der Waals surface area contributed by atoms with E-state index in [4.69, 9.17) is 38.4 Å². The number of aromatic nitrogens is 4. The maximum atomic E-state index is 15.1. The molecule has 0 bridgehead atoms. The highest BCUT2D eigenvalue weighted by atomic mass is 35.5. The summed E-state index contributed by atoms with van der Waals surface area (Å²) in [5.74, 6) is -1.74. The Labute approximate surface area is 310 Å². The van der Waals surface area contributed by atoms with Gasteiger partial charge in [-0.3, -0.25) is 14.4 Å². The van der Waals surface area contributed by atoms with E-state index in [9.17, 15) is 31.1 Å². The van der Waals surface area contributed by atoms with Crippen molar-refractivity contribution in [1.29, 1.82) is 0 Å². The minimum atomic E-state index is -5.00. The number of anilines is 2. The molecule has 20 heteroatoms. The first-order valence-electron chi connectivity index (χ1n) is 16.9. The van der Waals surface area contributed by atoms with E-state index in [2.05, 4.69) is 20.0 Å². The van der Waals surface area contributed by atoms with Crippen molar-refractivity contribution < 1.29 is 45.0 Å². The molecule has 2 fully saturated rings. The van der Waals surface area contributed by atoms with E-state index in [0.717, 1.165) is 17.9 Å². The summed E-state index contributed by atoms with van der Waals surface area (Å²) < 4.78 is 108. The lowest BCUT2D eigenvalue weighted by Gasteiger charge is -2.31. The highest BCUT2D eigenvalue weighted by molar-refractivity contribution is 6.34. The fourth-order valence-electron chi connectivity index (χ4n) is 7.32. The van der Waals surface area contributed by atoms with Crippen LogP contribution in [0.5, 0.6) is 6.01 Å². The zero-order valence-electron chi connectivity index (χ0n) is 28.7. The summed E-state index contributed by atoms with van der Waals surface area (Å²) in [5, 5.41) is 3.50. The molecule has 2 N–H and O–H groups in total. The molecular weight excluding hydrogens is 760 g/mol. The number of alkyl halides is 6. The average Bonchev–Trinajstić information content (AvgIpc) is 3.71. The van der Waals surface area contributed by atoms with Gasteiger partial charge in [-0.05, 0) is 38.3 Å². The summed E-state index contributed by atoms with van der Waals surface area (Å²) in [5.41, 5.74) is 3.75. The Kier molecular flexibility index (Phi) is 11.5. The molecular formula is C33H37Cl2F7N8O3. The van der Waals surface area contributed by atoms with Crippen molar-refractivity contribution >= 4 is 40.6 Å². The van der Waals surface area contributed by atoms with Crippen molar-refractivity contribution in [2.75, 3.05) is 51.0 Å². The number of carbonyl (C=O) groups is 1. The molecule has 6 heterocycles. The van der Waals surface area contributed by atoms with E-state index in [1.54, 1.807) is 4.90 Å². The summed E-state index contributed by atoms with van der Waals surface area (Å²) in [6, 6.07) is 1.21. The SMILES string of the molecule is COc1nc2c(c(N3CCCn4nc(C(=O)N(C)CC(F)F)c(Cl)c4C3)n1)COC(c1c(F)c(N)cc(Cl)c1C(F)(F)F)C2.FC1CC2CCCN2C1. The summed E-state index contributed by atoms with van der Waals surface area (Å²) in [7, 11) is 2.53. The van der Waals surface area contributed by atoms with Gasteiger partial charge in [0.1, 0.15) is 12.0 Å². The van der Waals surface area contributed by atoms with E-state index in [-0.39, 0.29) is 42.0 Å². The number of nitrogen functional groups attached to an aromatic ring is 1. The largest absolute Gasteiger partial charge is 0.467 e. The molecule has 53 heavy (non-hydrogen) atoms. The molecule has 11 nitrogen and oxygen atoms in total. The van der Waals surface area contributed by atoms with Crippen LogP contribution in [0.3, 0.4) is 0 Å². The quantitative estimate of drug-likeness (QED) is 0.221. The molecule has 0 saturated carbocycles. The second-order valence-electron chi connectivity index (χ2n) is 13.3. The van der Waals surface area contributed by atoms with E-state index < -0.39 is 65.0 Å². The summed E-state index contributed by atoms with van der Waals surface area (Å²) in [6.07, 6.45) is -6.16. The molecule has 3 atom stereocenters. The predicted molar refractivity (Wildman–Crippen MR) is 181 cm³/mol. The first-order valence-corrected chi connectivity index (χ1v) is 17.6. The summed E-state index contributed by atoms with van der Waals surface area (Å²) >= 11 is 12.4. The number of hydrogen-bond donors (Lipinski definition) is 1. The van der Waals surface area contributed by atoms with Crippen molar-refractivity contribution in [3.63, 3.8) is 0 Å². The van der Waals surface area contributed by atoms with Crippen LogP contribution < -0.4 is 15.4 Å². The van der Waals surface area contributed by atoms with Crippen LogP contribution in [-0.4, -0.2) is 94.4 Å². The number of aryl methyl sites for hydroxylation is 1. The zero-order valence-corrected chi connectivity index (χ0v) is 30.2. The van der Waals surface area contributed by atoms with Gasteiger partial charge in [-0.25, -0.2) is 17.6 Å². The minimum Gasteiger partial charge on any atom is -0.467 e. The number of fused-ring (bicyclic) bond motifs is 3. The number of ether oxygens (including phenoxy) is 2. The number of hydrogen-bond acceptors (Lipinski definition) is 9. The van der Waals surface area contributed by atoms with Gasteiger partial charge in [-0.15, -0.1) is 0 Å². The number of carbonyl (C=O) groups excluding carboxylic acids is 1. The lowest BCUT2D eigenvalue weighted by atomic mass is 9.93. The number of amides is 1. The van der Waals surface area contributed by atoms with Gasteiger partial charge in [-0.2, -0.15) is 28.2 Å². The minimum absolute atomic E-state index is 0.0112. The first kappa shape index (κ1) is 39.1. The van der Waals surface area contributed by atoms with Gasteiger partial charge in [0.25, 0.3) is 12.3 Å². The number of nitrogens with two attached hydrogens (primary N) is 1. The molecule has 0 radical (unpaired) electrons. The lowest BCUT2D eigenvalue weighted by Crippen LogP contribution is -2.32. The van der Waals surface area contributed by atoms with Crippen LogP contribution in [0.25, 0.3) is 0 Å². The van der Waals surface area contributed by atoms with Crippen molar-refractivity contribution in [2.45, 2.75) is 82.7 Å². The molecule has 1 aromatic carbocycles. The third-order valence-corrected chi connectivity index (χ3v) is 10.5. The molecule has 3 aromatic rings. The third-order valence-electron chi connectivity index (χ3n) is 9.78. The molecule has 7 rings (SSSR count). The van der Waals surface area contributed by atoms with Crippen LogP contribution in [-0.2, 0) is 37.0 Å². The van der Waals surface area contributed by atoms with Crippen LogP contribution in [0.1, 0.15) is 70.4 Å². The van der Waals surface area contributed by atoms with Gasteiger partial charge < -0.3 is 25.0 Å². The van der Waals surface area contributed by atoms with E-state index in [0.29, 0.717) is 55.2 Å². The van der Waals surface area contributed by atoms with Crippen molar-refractivity contribution in [3.05, 3.63) is 55.7 Å². The van der Waals surface area contributed by atoms with Gasteiger partial charge in [0.15, 0.2) is 11.5 Å². The molecule has 2 aromatic heterocycles. The zero-order chi connectivity index (χ0) is 38.4. The molecule has 0 spiro atoms. The summed E-state index contributed by atoms with van der Waals surface area (Å²) in [4.78, 5) is 26.5. The fraction of sp³-hybridized carbons (Fsp3) is 0.576. The smallest absolute Gasteiger partial charge is 0.418 e. The second-order valence-corrected chi connectivity index (χ2v) is 14.1. The Hall–Kier alpha value is -3.61. The topological polar surface area (TPSA) is 115 Å². The van der Waals surface area contributed by atoms with Gasteiger partial charge in [-0.1, -0.05) is 23.2 Å². The van der Waals surface area contributed by atoms with E-state index in [1.165, 1.54) is 31.7 Å². The van der Waals surface area contributed by atoms with Crippen LogP contribution in [0.15, 0.2) is 6.07 Å². The Morgan fingerprint density at radius 2 is 1.94 bits per heavy atom. The standard InChI is InChI=1S/C26H25Cl2F6N7O3.C7H12FN/c1-39(9-17(29)30)24(42)22-20(28)15-8-40(4-3-5-41(15)38-22)23-11-10-44-16(7-14(11)36-25(37-23)43-2)18-19(26(32,33)34)12(27)6-13(35)21(18)31;8-6-4-7-2-1-3-9(7)5-6/h6,16-17H,3-5,7-10,35H2,1-2H3;6-7H,1-5H2. The van der Waals surface area contributed by atoms with Crippen LogP contribution in [0.2, 0.25) is 10.0 Å². The maximum absolute atomic E-state index is 15.1. The Morgan fingerprint density at radius 1 is 1.19 bits per heavy atom. The Balaban J connectivity index is 0.000000461. The molecule has 4 aliphatic heterocycles. The average molecular weight is 798 g/mol. The van der Waals surface area contributed by atoms with Gasteiger partial charge in [0, 0.05) is 50.3 Å². The Morgan fingerprint density at radius 3 is 2.62 bits per heavy atom. The lowest BCUT2D eigenvalue weighted by molar-refractivity contribution is -0.140. The van der Waals surface area contributed by atoms with Crippen molar-refractivity contribution in [3.8, 4) is 6.01 Å². The highest BCUT2D eigenvalue weighted by Crippen LogP contribution is 2.46. The maximum Gasteiger partial charge on any atom is 0.418 e. The fourth-order valence-corrected chi connectivity index (χ4v) is 7.92. The predicted octanol–water partition coefficient (Wildman–Crippen LogP) is 6.48. The second kappa shape index (κ2) is 15.6. The number of halogens is 9. The van der Waals surface area contributed by atoms with Gasteiger partial charge in [0.05, 0.1) is 65.6 Å². The number of rotatable bonds is 6. The molecule has 290 valence electrons. The van der Waals surface area contributed by atoms with Crippen LogP contribution in [0.4, 0.5) is 42.2 Å². The van der Waals surface area contributed by atoms with Crippen LogP contribution >= 0.6 is 23.2 Å². The molecule has 1 amide bonds. The van der Waals surface area contributed by atoms with Crippen molar-refractivity contribution in [2.24, 2.45) is 0 Å². The van der Waals surface area contributed by atoms with Crippen molar-refractivity contribution in [1.82, 2.24) is 29.5 Å². The monoisotopic (exact) mass is 796 g/mol. The summed E-state index contributed by atoms with van der Waals surface area (Å²) in [6.45, 7) is 1.58. The van der Waals surface area contributed by atoms with Gasteiger partial charge >= 0.3 is 12.2 Å². The first-order chi connectivity index (χ1) is 25.1. The highest BCUT2D eigenvalue weighted by Gasteiger charge is 2.42. The number of benzene rings is 1. The van der Waals surface area contributed by atoms with Crippen LogP contribution in [0, 0.1) is 5.82 Å². The Bertz CT molecular complexity index is 1840. The molecule has 0 aliphatic carbocycles. The van der Waals surface area contributed by atoms with E-state index in [1.807, 2.05) is 0 Å².